The molecule has 3 atom stereocenters. The lowest BCUT2D eigenvalue weighted by molar-refractivity contribution is 0.0312. The number of aromatic nitrogens is 1. The molecule has 2 aromatic carbocycles. The Labute approximate surface area is 210 Å². The fourth-order valence-corrected chi connectivity index (χ4v) is 4.30. The summed E-state index contributed by atoms with van der Waals surface area (Å²) in [5.74, 6) is -1.37. The van der Waals surface area contributed by atoms with Crippen molar-refractivity contribution >= 4 is 11.8 Å². The number of halogens is 1. The molecule has 8 heteroatoms. The van der Waals surface area contributed by atoms with E-state index in [-0.39, 0.29) is 42.0 Å². The van der Waals surface area contributed by atoms with Gasteiger partial charge in [-0.15, -0.1) is 0 Å². The van der Waals surface area contributed by atoms with Crippen LogP contribution >= 0.6 is 0 Å². The van der Waals surface area contributed by atoms with Crippen LogP contribution in [0.15, 0.2) is 66.9 Å². The van der Waals surface area contributed by atoms with Gasteiger partial charge in [0.25, 0.3) is 11.8 Å². The lowest BCUT2D eigenvalue weighted by atomic mass is 9.99. The van der Waals surface area contributed by atoms with Gasteiger partial charge in [0.2, 0.25) is 5.88 Å². The number of nitrogens with zero attached hydrogens (tertiary/aromatic N) is 3. The number of aliphatic hydroxyl groups excluding tert-OH is 1. The first-order valence-electron chi connectivity index (χ1n) is 11.9. The number of rotatable bonds is 6. The summed E-state index contributed by atoms with van der Waals surface area (Å²) in [4.78, 5) is 34.0. The second-order valence-corrected chi connectivity index (χ2v) is 9.23. The summed E-state index contributed by atoms with van der Waals surface area (Å²) in [7, 11) is 1.59. The van der Waals surface area contributed by atoms with E-state index in [9.17, 15) is 19.1 Å². The van der Waals surface area contributed by atoms with Crippen LogP contribution in [0.1, 0.15) is 34.6 Å². The van der Waals surface area contributed by atoms with Crippen LogP contribution in [0.3, 0.4) is 0 Å². The minimum atomic E-state index is -0.588. The number of carbonyl (C=O) groups is 2. The highest BCUT2D eigenvalue weighted by molar-refractivity contribution is 5.98. The summed E-state index contributed by atoms with van der Waals surface area (Å²) in [6, 6.07) is 16.8. The van der Waals surface area contributed by atoms with E-state index in [1.807, 2.05) is 37.3 Å². The first kappa shape index (κ1) is 25.3. The largest absolute Gasteiger partial charge is 0.472 e. The number of aliphatic hydroxyl groups is 1. The van der Waals surface area contributed by atoms with Crippen molar-refractivity contribution in [3.8, 4) is 17.0 Å². The van der Waals surface area contributed by atoms with Crippen LogP contribution < -0.4 is 4.74 Å². The Kier molecular flexibility index (Phi) is 7.64. The molecule has 0 saturated carbocycles. The van der Waals surface area contributed by atoms with Gasteiger partial charge in [0.05, 0.1) is 24.8 Å². The maximum atomic E-state index is 14.2. The van der Waals surface area contributed by atoms with Gasteiger partial charge in [-0.2, -0.15) is 0 Å². The molecule has 1 aliphatic rings. The molecule has 2 heterocycles. The van der Waals surface area contributed by atoms with Gasteiger partial charge in [-0.1, -0.05) is 49.4 Å². The maximum absolute atomic E-state index is 14.2. The highest BCUT2D eigenvalue weighted by Crippen LogP contribution is 2.30. The predicted octanol–water partition coefficient (Wildman–Crippen LogP) is 3.88. The van der Waals surface area contributed by atoms with Crippen LogP contribution in [-0.2, 0) is 0 Å². The summed E-state index contributed by atoms with van der Waals surface area (Å²) in [6.45, 7) is 3.97. The zero-order chi connectivity index (χ0) is 25.8. The molecule has 1 aromatic heterocycles. The Hall–Kier alpha value is -3.78. The summed E-state index contributed by atoms with van der Waals surface area (Å²) in [6.07, 6.45) is 1.12. The number of hydrogen-bond acceptors (Lipinski definition) is 5. The molecule has 0 radical (unpaired) electrons. The van der Waals surface area contributed by atoms with Gasteiger partial charge in [-0.05, 0) is 30.7 Å². The molecule has 0 unspecified atom stereocenters. The van der Waals surface area contributed by atoms with Crippen molar-refractivity contribution < 1.29 is 23.8 Å². The third kappa shape index (κ3) is 5.23. The number of amides is 2. The average molecular weight is 492 g/mol. The van der Waals surface area contributed by atoms with Gasteiger partial charge < -0.3 is 19.6 Å². The predicted molar refractivity (Wildman–Crippen MR) is 134 cm³/mol. The van der Waals surface area contributed by atoms with Crippen molar-refractivity contribution in [2.45, 2.75) is 26.0 Å². The quantitative estimate of drug-likeness (QED) is 0.566. The summed E-state index contributed by atoms with van der Waals surface area (Å²) in [5, 5.41) is 9.84. The Balaban J connectivity index is 1.68. The first-order chi connectivity index (χ1) is 17.3. The third-order valence-electron chi connectivity index (χ3n) is 6.53. The maximum Gasteiger partial charge on any atom is 0.259 e. The minimum absolute atomic E-state index is 0.0183. The molecule has 188 valence electrons. The molecule has 1 aliphatic heterocycles. The van der Waals surface area contributed by atoms with Gasteiger partial charge in [0, 0.05) is 31.3 Å². The second-order valence-electron chi connectivity index (χ2n) is 9.23. The van der Waals surface area contributed by atoms with Gasteiger partial charge in [0.15, 0.2) is 0 Å². The number of hydrogen-bond donors (Lipinski definition) is 1. The van der Waals surface area contributed by atoms with Gasteiger partial charge in [-0.3, -0.25) is 9.59 Å². The van der Waals surface area contributed by atoms with E-state index in [2.05, 4.69) is 4.98 Å². The normalized spacial score (nSPS) is 18.5. The van der Waals surface area contributed by atoms with Gasteiger partial charge in [-0.25, -0.2) is 9.37 Å². The molecule has 7 nitrogen and oxygen atoms in total. The molecular formula is C28H30FN3O4. The molecule has 0 spiro atoms. The monoisotopic (exact) mass is 491 g/mol. The topological polar surface area (TPSA) is 83.0 Å². The Bertz CT molecular complexity index is 1240. The Morgan fingerprint density at radius 3 is 2.58 bits per heavy atom. The van der Waals surface area contributed by atoms with E-state index < -0.39 is 23.9 Å². The van der Waals surface area contributed by atoms with Gasteiger partial charge >= 0.3 is 0 Å². The highest BCUT2D eigenvalue weighted by Gasteiger charge is 2.35. The first-order valence-corrected chi connectivity index (χ1v) is 11.9. The summed E-state index contributed by atoms with van der Waals surface area (Å²) >= 11 is 0. The van der Waals surface area contributed by atoms with Crippen LogP contribution in [0.2, 0.25) is 0 Å². The van der Waals surface area contributed by atoms with Crippen molar-refractivity contribution in [2.24, 2.45) is 5.92 Å². The van der Waals surface area contributed by atoms with E-state index in [1.54, 1.807) is 37.2 Å². The lowest BCUT2D eigenvalue weighted by Crippen LogP contribution is -2.50. The number of carbonyl (C=O) groups excluding carboxylic acids is 2. The van der Waals surface area contributed by atoms with E-state index >= 15 is 0 Å². The molecule has 2 amide bonds. The van der Waals surface area contributed by atoms with E-state index in [4.69, 9.17) is 4.74 Å². The van der Waals surface area contributed by atoms with E-state index in [0.717, 1.165) is 11.1 Å². The number of fused-ring (bicyclic) bond motifs is 1. The fraction of sp³-hybridized carbons (Fsp3) is 0.321. The highest BCUT2D eigenvalue weighted by atomic mass is 19.1. The van der Waals surface area contributed by atoms with Crippen molar-refractivity contribution in [1.82, 2.24) is 14.8 Å². The standard InChI is InChI=1S/C28H30FN3O4/c1-18-15-32(19(2)17-33)28(35)23-13-21(20-9-5-4-6-10-20)14-30-26(23)36-25(18)16-31(3)27(34)22-11-7-8-12-24(22)29/h4-14,18-19,25,33H,15-17H2,1-3H3/t18-,19-,25+/m0/s1. The van der Waals surface area contributed by atoms with Crippen molar-refractivity contribution in [2.75, 3.05) is 26.7 Å². The van der Waals surface area contributed by atoms with E-state index in [0.29, 0.717) is 6.54 Å². The molecule has 1 N–H and O–H groups in total. The summed E-state index contributed by atoms with van der Waals surface area (Å²) < 4.78 is 20.5. The minimum Gasteiger partial charge on any atom is -0.472 e. The van der Waals surface area contributed by atoms with Crippen molar-refractivity contribution in [3.05, 3.63) is 83.8 Å². The molecule has 36 heavy (non-hydrogen) atoms. The Morgan fingerprint density at radius 2 is 1.89 bits per heavy atom. The molecule has 0 bridgehead atoms. The zero-order valence-corrected chi connectivity index (χ0v) is 20.6. The number of benzene rings is 2. The lowest BCUT2D eigenvalue weighted by Gasteiger charge is -2.37. The SMILES string of the molecule is C[C@H]1CN([C@@H](C)CO)C(=O)c2cc(-c3ccccc3)cnc2O[C@@H]1CN(C)C(=O)c1ccccc1F. The molecule has 4 rings (SSSR count). The number of likely N-dealkylation sites (N-methyl/N-ethyl adjacent to an activating group) is 1. The van der Waals surface area contributed by atoms with Crippen LogP contribution in [-0.4, -0.2) is 70.6 Å². The number of ether oxygens (including phenoxy) is 1. The molecule has 3 aromatic rings. The van der Waals surface area contributed by atoms with Crippen LogP contribution in [0.4, 0.5) is 4.39 Å². The molecule has 0 saturated heterocycles. The van der Waals surface area contributed by atoms with E-state index in [1.165, 1.54) is 23.1 Å². The molecular weight excluding hydrogens is 461 g/mol. The smallest absolute Gasteiger partial charge is 0.259 e. The molecule has 0 aliphatic carbocycles. The second kappa shape index (κ2) is 10.9. The van der Waals surface area contributed by atoms with Crippen LogP contribution in [0, 0.1) is 11.7 Å². The van der Waals surface area contributed by atoms with Crippen molar-refractivity contribution in [1.29, 1.82) is 0 Å². The molecule has 0 fully saturated rings. The third-order valence-corrected chi connectivity index (χ3v) is 6.53. The number of pyridine rings is 1. The average Bonchev–Trinajstić information content (AvgIpc) is 2.90. The zero-order valence-electron chi connectivity index (χ0n) is 20.6. The van der Waals surface area contributed by atoms with Crippen LogP contribution in [0.5, 0.6) is 5.88 Å². The Morgan fingerprint density at radius 1 is 1.19 bits per heavy atom. The summed E-state index contributed by atoms with van der Waals surface area (Å²) in [5.41, 5.74) is 1.94. The van der Waals surface area contributed by atoms with Gasteiger partial charge in [0.1, 0.15) is 17.5 Å². The van der Waals surface area contributed by atoms with Crippen molar-refractivity contribution in [3.63, 3.8) is 0 Å². The van der Waals surface area contributed by atoms with Crippen LogP contribution in [0.25, 0.3) is 11.1 Å². The fourth-order valence-electron chi connectivity index (χ4n) is 4.30.